The number of carbonyl (C=O) groups excluding carboxylic acids is 1. The first-order chi connectivity index (χ1) is 13.2. The standard InChI is InChI=1S/C23H16FNO2/c24-20-15-14-19(17-10-4-5-11-18(17)20)23(26)25-21-12-6-7-13-22(21)27-16-8-2-1-3-9-16/h1-15H,(H,25,26). The smallest absolute Gasteiger partial charge is 0.256 e. The van der Waals surface area contributed by atoms with Crippen LogP contribution in [-0.2, 0) is 0 Å². The summed E-state index contributed by atoms with van der Waals surface area (Å²) in [7, 11) is 0. The third-order valence-corrected chi connectivity index (χ3v) is 4.22. The molecule has 1 amide bonds. The van der Waals surface area contributed by atoms with Crippen LogP contribution in [0.1, 0.15) is 10.4 Å². The lowest BCUT2D eigenvalue weighted by Gasteiger charge is -2.13. The second-order valence-electron chi connectivity index (χ2n) is 6.01. The Labute approximate surface area is 156 Å². The van der Waals surface area contributed by atoms with Crippen LogP contribution in [-0.4, -0.2) is 5.91 Å². The number of fused-ring (bicyclic) bond motifs is 1. The van der Waals surface area contributed by atoms with Gasteiger partial charge in [0.15, 0.2) is 5.75 Å². The molecule has 0 bridgehead atoms. The maximum Gasteiger partial charge on any atom is 0.256 e. The Hall–Kier alpha value is -3.66. The Morgan fingerprint density at radius 1 is 0.741 bits per heavy atom. The van der Waals surface area contributed by atoms with E-state index in [1.807, 2.05) is 42.5 Å². The number of nitrogens with one attached hydrogen (secondary N) is 1. The lowest BCUT2D eigenvalue weighted by molar-refractivity contribution is 0.102. The molecule has 0 heterocycles. The van der Waals surface area contributed by atoms with Crippen LogP contribution in [0, 0.1) is 5.82 Å². The molecule has 4 aromatic carbocycles. The molecule has 0 aromatic heterocycles. The molecule has 0 atom stereocenters. The minimum Gasteiger partial charge on any atom is -0.455 e. The molecule has 132 valence electrons. The fourth-order valence-corrected chi connectivity index (χ4v) is 2.92. The molecule has 4 heteroatoms. The van der Waals surface area contributed by atoms with Gasteiger partial charge < -0.3 is 10.1 Å². The van der Waals surface area contributed by atoms with Crippen molar-refractivity contribution in [3.8, 4) is 11.5 Å². The molecule has 0 aliphatic heterocycles. The molecule has 0 aliphatic carbocycles. The van der Waals surface area contributed by atoms with E-state index in [9.17, 15) is 9.18 Å². The van der Waals surface area contributed by atoms with Crippen LogP contribution in [0.15, 0.2) is 91.0 Å². The number of benzene rings is 4. The number of amides is 1. The summed E-state index contributed by atoms with van der Waals surface area (Å²) in [6.07, 6.45) is 0. The molecular formula is C23H16FNO2. The molecule has 0 aliphatic rings. The number of halogens is 1. The second kappa shape index (κ2) is 7.30. The molecule has 0 saturated carbocycles. The largest absolute Gasteiger partial charge is 0.455 e. The van der Waals surface area contributed by atoms with Crippen molar-refractivity contribution in [1.29, 1.82) is 0 Å². The van der Waals surface area contributed by atoms with Gasteiger partial charge in [-0.25, -0.2) is 4.39 Å². The van der Waals surface area contributed by atoms with Gasteiger partial charge in [-0.1, -0.05) is 54.6 Å². The number of ether oxygens (including phenoxy) is 1. The molecular weight excluding hydrogens is 341 g/mol. The number of anilines is 1. The van der Waals surface area contributed by atoms with E-state index in [0.717, 1.165) is 0 Å². The molecule has 4 aromatic rings. The topological polar surface area (TPSA) is 38.3 Å². The normalized spacial score (nSPS) is 10.6. The van der Waals surface area contributed by atoms with E-state index in [-0.39, 0.29) is 11.7 Å². The summed E-state index contributed by atoms with van der Waals surface area (Å²) >= 11 is 0. The van der Waals surface area contributed by atoms with E-state index < -0.39 is 0 Å². The van der Waals surface area contributed by atoms with Gasteiger partial charge >= 0.3 is 0 Å². The van der Waals surface area contributed by atoms with Gasteiger partial charge in [0.25, 0.3) is 5.91 Å². The Kier molecular flexibility index (Phi) is 4.54. The molecule has 0 saturated heterocycles. The monoisotopic (exact) mass is 357 g/mol. The maximum absolute atomic E-state index is 14.0. The number of rotatable bonds is 4. The fourth-order valence-electron chi connectivity index (χ4n) is 2.92. The minimum absolute atomic E-state index is 0.324. The quantitative estimate of drug-likeness (QED) is 0.485. The summed E-state index contributed by atoms with van der Waals surface area (Å²) in [4.78, 5) is 12.9. The van der Waals surface area contributed by atoms with Gasteiger partial charge in [0.1, 0.15) is 11.6 Å². The average Bonchev–Trinajstić information content (AvgIpc) is 2.71. The van der Waals surface area contributed by atoms with E-state index in [0.29, 0.717) is 33.5 Å². The van der Waals surface area contributed by atoms with Gasteiger partial charge in [0.05, 0.1) is 5.69 Å². The van der Waals surface area contributed by atoms with E-state index in [2.05, 4.69) is 5.32 Å². The van der Waals surface area contributed by atoms with E-state index >= 15 is 0 Å². The summed E-state index contributed by atoms with van der Waals surface area (Å²) in [6.45, 7) is 0. The highest BCUT2D eigenvalue weighted by Gasteiger charge is 2.14. The molecule has 1 N–H and O–H groups in total. The van der Waals surface area contributed by atoms with Crippen molar-refractivity contribution in [3.05, 3.63) is 102 Å². The first-order valence-corrected chi connectivity index (χ1v) is 8.53. The summed E-state index contributed by atoms with van der Waals surface area (Å²) < 4.78 is 19.9. The zero-order valence-electron chi connectivity index (χ0n) is 14.4. The molecule has 0 spiro atoms. The van der Waals surface area contributed by atoms with Gasteiger partial charge in [-0.2, -0.15) is 0 Å². The van der Waals surface area contributed by atoms with E-state index in [4.69, 9.17) is 4.74 Å². The second-order valence-corrected chi connectivity index (χ2v) is 6.01. The highest BCUT2D eigenvalue weighted by molar-refractivity contribution is 6.13. The van der Waals surface area contributed by atoms with Crippen LogP contribution in [0.4, 0.5) is 10.1 Å². The Morgan fingerprint density at radius 3 is 2.22 bits per heavy atom. The summed E-state index contributed by atoms with van der Waals surface area (Å²) in [6, 6.07) is 26.3. The highest BCUT2D eigenvalue weighted by atomic mass is 19.1. The van der Waals surface area contributed by atoms with Gasteiger partial charge in [0, 0.05) is 10.9 Å². The third-order valence-electron chi connectivity index (χ3n) is 4.22. The molecule has 0 fully saturated rings. The summed E-state index contributed by atoms with van der Waals surface area (Å²) in [5.74, 6) is 0.528. The first-order valence-electron chi connectivity index (χ1n) is 8.53. The Balaban J connectivity index is 1.66. The van der Waals surface area contributed by atoms with Crippen LogP contribution in [0.2, 0.25) is 0 Å². The zero-order chi connectivity index (χ0) is 18.6. The number of hydrogen-bond acceptors (Lipinski definition) is 2. The summed E-state index contributed by atoms with van der Waals surface area (Å²) in [5, 5.41) is 3.85. The van der Waals surface area contributed by atoms with Crippen molar-refractivity contribution in [2.24, 2.45) is 0 Å². The molecule has 0 radical (unpaired) electrons. The van der Waals surface area contributed by atoms with Crippen LogP contribution in [0.25, 0.3) is 10.8 Å². The van der Waals surface area contributed by atoms with E-state index in [1.165, 1.54) is 12.1 Å². The predicted molar refractivity (Wildman–Crippen MR) is 105 cm³/mol. The third kappa shape index (κ3) is 3.51. The minimum atomic E-state index is -0.352. The fraction of sp³-hybridized carbons (Fsp3) is 0. The number of carbonyl (C=O) groups is 1. The molecule has 4 rings (SSSR count). The zero-order valence-corrected chi connectivity index (χ0v) is 14.4. The molecule has 27 heavy (non-hydrogen) atoms. The first kappa shape index (κ1) is 16.8. The number of para-hydroxylation sites is 3. The van der Waals surface area contributed by atoms with Crippen molar-refractivity contribution in [2.45, 2.75) is 0 Å². The van der Waals surface area contributed by atoms with Gasteiger partial charge in [0.2, 0.25) is 0 Å². The van der Waals surface area contributed by atoms with E-state index in [1.54, 1.807) is 36.4 Å². The number of hydrogen-bond donors (Lipinski definition) is 1. The lowest BCUT2D eigenvalue weighted by Crippen LogP contribution is -2.13. The highest BCUT2D eigenvalue weighted by Crippen LogP contribution is 2.30. The van der Waals surface area contributed by atoms with Crippen molar-refractivity contribution in [3.63, 3.8) is 0 Å². The van der Waals surface area contributed by atoms with Gasteiger partial charge in [-0.3, -0.25) is 4.79 Å². The predicted octanol–water partition coefficient (Wildman–Crippen LogP) is 6.02. The average molecular weight is 357 g/mol. The van der Waals surface area contributed by atoms with Crippen LogP contribution in [0.5, 0.6) is 11.5 Å². The van der Waals surface area contributed by atoms with Gasteiger partial charge in [-0.05, 0) is 41.8 Å². The van der Waals surface area contributed by atoms with Crippen molar-refractivity contribution < 1.29 is 13.9 Å². The van der Waals surface area contributed by atoms with Crippen molar-refractivity contribution in [2.75, 3.05) is 5.32 Å². The maximum atomic E-state index is 14.0. The Bertz CT molecular complexity index is 1110. The van der Waals surface area contributed by atoms with Crippen molar-refractivity contribution >= 4 is 22.4 Å². The molecule has 3 nitrogen and oxygen atoms in total. The lowest BCUT2D eigenvalue weighted by atomic mass is 10.0. The van der Waals surface area contributed by atoms with Crippen LogP contribution >= 0.6 is 0 Å². The summed E-state index contributed by atoms with van der Waals surface area (Å²) in [5.41, 5.74) is 0.946. The Morgan fingerprint density at radius 2 is 1.41 bits per heavy atom. The van der Waals surface area contributed by atoms with Crippen molar-refractivity contribution in [1.82, 2.24) is 0 Å². The van der Waals surface area contributed by atoms with Gasteiger partial charge in [-0.15, -0.1) is 0 Å². The SMILES string of the molecule is O=C(Nc1ccccc1Oc1ccccc1)c1ccc(F)c2ccccc12. The van der Waals surface area contributed by atoms with Crippen LogP contribution in [0.3, 0.4) is 0 Å². The molecule has 0 unspecified atom stereocenters. The van der Waals surface area contributed by atoms with Crippen LogP contribution < -0.4 is 10.1 Å².